The number of anilines is 1. The number of fused-ring (bicyclic) bond motifs is 1. The lowest BCUT2D eigenvalue weighted by molar-refractivity contribution is 0.174. The lowest BCUT2D eigenvalue weighted by atomic mass is 10.1. The first-order chi connectivity index (χ1) is 13.3. The summed E-state index contributed by atoms with van der Waals surface area (Å²) < 4.78 is 28.0. The lowest BCUT2D eigenvalue weighted by Crippen LogP contribution is -2.21. The molecule has 0 saturated carbocycles. The summed E-state index contributed by atoms with van der Waals surface area (Å²) in [5, 5.41) is 7.43. The van der Waals surface area contributed by atoms with Crippen LogP contribution >= 0.6 is 11.5 Å². The van der Waals surface area contributed by atoms with Gasteiger partial charge >= 0.3 is 0 Å². The zero-order valence-corrected chi connectivity index (χ0v) is 15.4. The van der Waals surface area contributed by atoms with Crippen LogP contribution in [0.25, 0.3) is 0 Å². The first-order valence-electron chi connectivity index (χ1n) is 8.66. The van der Waals surface area contributed by atoms with Gasteiger partial charge in [-0.15, -0.1) is 0 Å². The number of hydrogen-bond acceptors (Lipinski definition) is 7. The minimum atomic E-state index is -0.236. The van der Waals surface area contributed by atoms with E-state index in [1.807, 2.05) is 18.2 Å². The van der Waals surface area contributed by atoms with Gasteiger partial charge in [-0.3, -0.25) is 0 Å². The topological polar surface area (TPSA) is 68.3 Å². The third-order valence-electron chi connectivity index (χ3n) is 4.09. The molecule has 0 unspecified atom stereocenters. The Balaban J connectivity index is 1.18. The normalized spacial score (nSPS) is 12.3. The summed E-state index contributed by atoms with van der Waals surface area (Å²) >= 11 is 1.34. The zero-order valence-electron chi connectivity index (χ0n) is 14.6. The van der Waals surface area contributed by atoms with Crippen molar-refractivity contribution in [3.8, 4) is 11.5 Å². The van der Waals surface area contributed by atoms with Gasteiger partial charge in [0.2, 0.25) is 11.9 Å². The zero-order chi connectivity index (χ0) is 18.5. The SMILES string of the molecule is Fc1ccc(Cc2nsc(NCCNCc3ccc4c(c3)OCO4)n2)cc1. The molecule has 4 rings (SSSR count). The van der Waals surface area contributed by atoms with Gasteiger partial charge < -0.3 is 20.1 Å². The molecule has 0 aliphatic carbocycles. The minimum absolute atomic E-state index is 0.236. The average molecular weight is 386 g/mol. The van der Waals surface area contributed by atoms with Crippen LogP contribution in [0, 0.1) is 5.82 Å². The van der Waals surface area contributed by atoms with Crippen LogP contribution in [0.1, 0.15) is 17.0 Å². The van der Waals surface area contributed by atoms with Gasteiger partial charge in [0.25, 0.3) is 0 Å². The molecule has 0 atom stereocenters. The standard InChI is InChI=1S/C19H19FN4O2S/c20-15-4-1-13(2-5-15)10-18-23-19(27-24-18)22-8-7-21-11-14-3-6-16-17(9-14)26-12-25-16/h1-6,9,21H,7-8,10-12H2,(H,22,23,24). The molecular formula is C19H19FN4O2S. The van der Waals surface area contributed by atoms with Crippen molar-refractivity contribution in [2.24, 2.45) is 0 Å². The van der Waals surface area contributed by atoms with E-state index in [4.69, 9.17) is 9.47 Å². The van der Waals surface area contributed by atoms with E-state index >= 15 is 0 Å². The smallest absolute Gasteiger partial charge is 0.231 e. The molecule has 27 heavy (non-hydrogen) atoms. The molecule has 8 heteroatoms. The molecule has 2 N–H and O–H groups in total. The Labute approximate surface area is 160 Å². The summed E-state index contributed by atoms with van der Waals surface area (Å²) in [4.78, 5) is 4.47. The molecule has 2 aromatic carbocycles. The van der Waals surface area contributed by atoms with Crippen LogP contribution in [-0.2, 0) is 13.0 Å². The van der Waals surface area contributed by atoms with E-state index in [1.165, 1.54) is 23.7 Å². The number of aromatic nitrogens is 2. The molecule has 0 spiro atoms. The van der Waals surface area contributed by atoms with E-state index < -0.39 is 0 Å². The van der Waals surface area contributed by atoms with Gasteiger partial charge in [0, 0.05) is 37.6 Å². The number of rotatable bonds is 8. The fourth-order valence-corrected chi connectivity index (χ4v) is 3.33. The fourth-order valence-electron chi connectivity index (χ4n) is 2.72. The van der Waals surface area contributed by atoms with Crippen molar-refractivity contribution >= 4 is 16.7 Å². The first kappa shape index (κ1) is 17.7. The molecule has 3 aromatic rings. The van der Waals surface area contributed by atoms with E-state index in [9.17, 15) is 4.39 Å². The number of nitrogens with zero attached hydrogens (tertiary/aromatic N) is 2. The first-order valence-corrected chi connectivity index (χ1v) is 9.44. The Morgan fingerprint density at radius 1 is 1.00 bits per heavy atom. The Morgan fingerprint density at radius 2 is 1.81 bits per heavy atom. The van der Waals surface area contributed by atoms with Crippen LogP contribution < -0.4 is 20.1 Å². The number of benzene rings is 2. The van der Waals surface area contributed by atoms with Crippen molar-refractivity contribution < 1.29 is 13.9 Å². The van der Waals surface area contributed by atoms with E-state index in [-0.39, 0.29) is 5.82 Å². The van der Waals surface area contributed by atoms with Gasteiger partial charge in [0.15, 0.2) is 11.5 Å². The van der Waals surface area contributed by atoms with Crippen molar-refractivity contribution in [3.63, 3.8) is 0 Å². The maximum Gasteiger partial charge on any atom is 0.231 e. The van der Waals surface area contributed by atoms with Gasteiger partial charge in [-0.25, -0.2) is 9.37 Å². The Hall–Kier alpha value is -2.71. The molecule has 1 aliphatic heterocycles. The van der Waals surface area contributed by atoms with Crippen LogP contribution in [0.5, 0.6) is 11.5 Å². The van der Waals surface area contributed by atoms with Crippen molar-refractivity contribution in [2.45, 2.75) is 13.0 Å². The monoisotopic (exact) mass is 386 g/mol. The highest BCUT2D eigenvalue weighted by Crippen LogP contribution is 2.32. The van der Waals surface area contributed by atoms with Gasteiger partial charge in [0.05, 0.1) is 0 Å². The number of halogens is 1. The second-order valence-corrected chi connectivity index (χ2v) is 6.86. The Kier molecular flexibility index (Phi) is 5.45. The van der Waals surface area contributed by atoms with Gasteiger partial charge in [0.1, 0.15) is 11.6 Å². The molecule has 0 radical (unpaired) electrons. The van der Waals surface area contributed by atoms with Crippen LogP contribution in [0.4, 0.5) is 9.52 Å². The summed E-state index contributed by atoms with van der Waals surface area (Å²) in [7, 11) is 0. The molecule has 140 valence electrons. The molecule has 0 amide bonds. The second-order valence-electron chi connectivity index (χ2n) is 6.11. The predicted octanol–water partition coefficient (Wildman–Crippen LogP) is 3.20. The molecule has 0 saturated heterocycles. The van der Waals surface area contributed by atoms with Crippen LogP contribution in [0.15, 0.2) is 42.5 Å². The van der Waals surface area contributed by atoms with E-state index in [1.54, 1.807) is 12.1 Å². The summed E-state index contributed by atoms with van der Waals surface area (Å²) in [5.41, 5.74) is 2.14. The summed E-state index contributed by atoms with van der Waals surface area (Å²) in [6, 6.07) is 12.4. The summed E-state index contributed by atoms with van der Waals surface area (Å²) in [6.07, 6.45) is 0.598. The Morgan fingerprint density at radius 3 is 2.70 bits per heavy atom. The summed E-state index contributed by atoms with van der Waals surface area (Å²) in [6.45, 7) is 2.59. The third-order valence-corrected chi connectivity index (χ3v) is 4.80. The van der Waals surface area contributed by atoms with Gasteiger partial charge in [-0.1, -0.05) is 18.2 Å². The highest BCUT2D eigenvalue weighted by molar-refractivity contribution is 7.09. The minimum Gasteiger partial charge on any atom is -0.454 e. The van der Waals surface area contributed by atoms with E-state index in [2.05, 4.69) is 20.0 Å². The molecule has 1 aliphatic rings. The predicted molar refractivity (Wildman–Crippen MR) is 102 cm³/mol. The maximum absolute atomic E-state index is 12.9. The quantitative estimate of drug-likeness (QED) is 0.580. The number of hydrogen-bond donors (Lipinski definition) is 2. The van der Waals surface area contributed by atoms with Crippen molar-refractivity contribution in [3.05, 3.63) is 65.2 Å². The van der Waals surface area contributed by atoms with Crippen molar-refractivity contribution in [1.82, 2.24) is 14.7 Å². The average Bonchev–Trinajstić information content (AvgIpc) is 3.32. The maximum atomic E-state index is 12.9. The van der Waals surface area contributed by atoms with Crippen LogP contribution in [0.2, 0.25) is 0 Å². The molecule has 1 aromatic heterocycles. The third kappa shape index (κ3) is 4.72. The lowest BCUT2D eigenvalue weighted by Gasteiger charge is -2.06. The van der Waals surface area contributed by atoms with Gasteiger partial charge in [-0.05, 0) is 35.4 Å². The summed E-state index contributed by atoms with van der Waals surface area (Å²) in [5.74, 6) is 2.10. The number of ether oxygens (including phenoxy) is 2. The van der Waals surface area contributed by atoms with Crippen LogP contribution in [-0.4, -0.2) is 29.2 Å². The second kappa shape index (κ2) is 8.32. The Bertz CT molecular complexity index is 901. The largest absolute Gasteiger partial charge is 0.454 e. The van der Waals surface area contributed by atoms with Crippen molar-refractivity contribution in [1.29, 1.82) is 0 Å². The van der Waals surface area contributed by atoms with Gasteiger partial charge in [-0.2, -0.15) is 4.37 Å². The molecule has 2 heterocycles. The molecule has 6 nitrogen and oxygen atoms in total. The van der Waals surface area contributed by atoms with E-state index in [0.717, 1.165) is 53.2 Å². The molecular weight excluding hydrogens is 367 g/mol. The fraction of sp³-hybridized carbons (Fsp3) is 0.263. The van der Waals surface area contributed by atoms with E-state index in [0.29, 0.717) is 13.2 Å². The van der Waals surface area contributed by atoms with Crippen LogP contribution in [0.3, 0.4) is 0 Å². The molecule has 0 fully saturated rings. The highest BCUT2D eigenvalue weighted by atomic mass is 32.1. The molecule has 0 bridgehead atoms. The van der Waals surface area contributed by atoms with Crippen molar-refractivity contribution in [2.75, 3.05) is 25.2 Å². The highest BCUT2D eigenvalue weighted by Gasteiger charge is 2.12. The number of nitrogens with one attached hydrogen (secondary N) is 2.